The van der Waals surface area contributed by atoms with Crippen LogP contribution in [-0.4, -0.2) is 37.2 Å². The van der Waals surface area contributed by atoms with Crippen molar-refractivity contribution in [1.82, 2.24) is 9.97 Å². The Morgan fingerprint density at radius 2 is 1.83 bits per heavy atom. The van der Waals surface area contributed by atoms with Gasteiger partial charge in [-0.15, -0.1) is 0 Å². The van der Waals surface area contributed by atoms with E-state index in [4.69, 9.17) is 14.2 Å². The van der Waals surface area contributed by atoms with Crippen LogP contribution in [0, 0.1) is 0 Å². The standard InChI is InChI=1S/C23H29N3O4/c1-5-6-7-20-25-17-11-10-16(14-18(17)26-20)24-21(27)13-9-15-8-12-19(28-2)23(30-4)22(15)29-3/h8,10-12,14H,5-7,9,13H2,1-4H3,(H,24,27)(H,25,26). The van der Waals surface area contributed by atoms with Gasteiger partial charge in [0, 0.05) is 18.5 Å². The smallest absolute Gasteiger partial charge is 0.224 e. The monoisotopic (exact) mass is 411 g/mol. The van der Waals surface area contributed by atoms with E-state index in [-0.39, 0.29) is 5.91 Å². The van der Waals surface area contributed by atoms with Gasteiger partial charge in [0.2, 0.25) is 11.7 Å². The Labute approximate surface area is 176 Å². The Bertz CT molecular complexity index is 1010. The van der Waals surface area contributed by atoms with Gasteiger partial charge >= 0.3 is 0 Å². The molecule has 7 heteroatoms. The lowest BCUT2D eigenvalue weighted by atomic mass is 10.1. The van der Waals surface area contributed by atoms with Crippen LogP contribution in [0.25, 0.3) is 11.0 Å². The number of benzene rings is 2. The Morgan fingerprint density at radius 1 is 1.03 bits per heavy atom. The van der Waals surface area contributed by atoms with Crippen LogP contribution in [0.4, 0.5) is 5.69 Å². The second-order valence-corrected chi connectivity index (χ2v) is 7.06. The lowest BCUT2D eigenvalue weighted by Gasteiger charge is -2.15. The first-order valence-corrected chi connectivity index (χ1v) is 10.2. The number of carbonyl (C=O) groups is 1. The Kier molecular flexibility index (Phi) is 7.17. The summed E-state index contributed by atoms with van der Waals surface area (Å²) in [5.74, 6) is 2.62. The SMILES string of the molecule is CCCCc1nc2ccc(NC(=O)CCc3ccc(OC)c(OC)c3OC)cc2[nH]1. The van der Waals surface area contributed by atoms with Gasteiger partial charge in [-0.1, -0.05) is 19.4 Å². The van der Waals surface area contributed by atoms with Gasteiger partial charge in [0.1, 0.15) is 5.82 Å². The number of amides is 1. The maximum atomic E-state index is 12.5. The first-order valence-electron chi connectivity index (χ1n) is 10.2. The highest BCUT2D eigenvalue weighted by molar-refractivity contribution is 5.93. The molecule has 3 aromatic rings. The van der Waals surface area contributed by atoms with Crippen molar-refractivity contribution in [2.45, 2.75) is 39.0 Å². The number of nitrogens with one attached hydrogen (secondary N) is 2. The Morgan fingerprint density at radius 3 is 2.53 bits per heavy atom. The minimum Gasteiger partial charge on any atom is -0.493 e. The van der Waals surface area contributed by atoms with Crippen LogP contribution < -0.4 is 19.5 Å². The number of carbonyl (C=O) groups excluding carboxylic acids is 1. The van der Waals surface area contributed by atoms with Crippen LogP contribution >= 0.6 is 0 Å². The van der Waals surface area contributed by atoms with E-state index in [0.29, 0.717) is 30.1 Å². The van der Waals surface area contributed by atoms with Crippen molar-refractivity contribution in [3.63, 3.8) is 0 Å². The van der Waals surface area contributed by atoms with E-state index in [1.54, 1.807) is 21.3 Å². The molecule has 0 aliphatic heterocycles. The summed E-state index contributed by atoms with van der Waals surface area (Å²) in [5.41, 5.74) is 3.47. The predicted molar refractivity (Wildman–Crippen MR) is 118 cm³/mol. The molecule has 1 aromatic heterocycles. The van der Waals surface area contributed by atoms with Gasteiger partial charge in [0.25, 0.3) is 0 Å². The molecule has 30 heavy (non-hydrogen) atoms. The molecule has 0 atom stereocenters. The lowest BCUT2D eigenvalue weighted by molar-refractivity contribution is -0.116. The summed E-state index contributed by atoms with van der Waals surface area (Å²) in [6.07, 6.45) is 3.99. The minimum atomic E-state index is -0.0723. The number of imidazole rings is 1. The zero-order chi connectivity index (χ0) is 21.5. The van der Waals surface area contributed by atoms with E-state index in [0.717, 1.165) is 47.4 Å². The highest BCUT2D eigenvalue weighted by Crippen LogP contribution is 2.40. The second-order valence-electron chi connectivity index (χ2n) is 7.06. The molecule has 0 saturated carbocycles. The third-order valence-electron chi connectivity index (χ3n) is 4.99. The molecule has 2 N–H and O–H groups in total. The molecule has 0 aliphatic carbocycles. The molecule has 0 unspecified atom stereocenters. The summed E-state index contributed by atoms with van der Waals surface area (Å²) in [7, 11) is 4.72. The Balaban J connectivity index is 1.66. The zero-order valence-corrected chi connectivity index (χ0v) is 18.0. The number of H-pyrrole nitrogens is 1. The van der Waals surface area contributed by atoms with E-state index in [1.807, 2.05) is 30.3 Å². The summed E-state index contributed by atoms with van der Waals surface area (Å²) >= 11 is 0. The summed E-state index contributed by atoms with van der Waals surface area (Å²) in [6, 6.07) is 9.43. The number of aromatic amines is 1. The second kappa shape index (κ2) is 10.0. The molecule has 0 radical (unpaired) electrons. The summed E-state index contributed by atoms with van der Waals surface area (Å²) in [4.78, 5) is 20.4. The number of fused-ring (bicyclic) bond motifs is 1. The van der Waals surface area contributed by atoms with Crippen LogP contribution in [-0.2, 0) is 17.6 Å². The molecule has 1 amide bonds. The van der Waals surface area contributed by atoms with E-state index >= 15 is 0 Å². The largest absolute Gasteiger partial charge is 0.493 e. The fourth-order valence-electron chi connectivity index (χ4n) is 3.43. The van der Waals surface area contributed by atoms with Crippen molar-refractivity contribution in [3.05, 3.63) is 41.7 Å². The number of ether oxygens (including phenoxy) is 3. The van der Waals surface area contributed by atoms with Crippen molar-refractivity contribution in [3.8, 4) is 17.2 Å². The number of methoxy groups -OCH3 is 3. The third kappa shape index (κ3) is 4.84. The summed E-state index contributed by atoms with van der Waals surface area (Å²) in [5, 5.41) is 2.96. The molecular formula is C23H29N3O4. The molecule has 3 rings (SSSR count). The molecular weight excluding hydrogens is 382 g/mol. The number of hydrogen-bond acceptors (Lipinski definition) is 5. The average molecular weight is 412 g/mol. The molecule has 0 saturated heterocycles. The summed E-state index contributed by atoms with van der Waals surface area (Å²) in [6.45, 7) is 2.16. The van der Waals surface area contributed by atoms with Crippen molar-refractivity contribution in [2.75, 3.05) is 26.6 Å². The van der Waals surface area contributed by atoms with Gasteiger partial charge in [-0.3, -0.25) is 4.79 Å². The van der Waals surface area contributed by atoms with Crippen LogP contribution in [0.2, 0.25) is 0 Å². The maximum Gasteiger partial charge on any atom is 0.224 e. The van der Waals surface area contributed by atoms with Gasteiger partial charge in [0.15, 0.2) is 11.5 Å². The molecule has 0 fully saturated rings. The number of rotatable bonds is 10. The molecule has 2 aromatic carbocycles. The first-order chi connectivity index (χ1) is 14.6. The normalized spacial score (nSPS) is 10.8. The fraction of sp³-hybridized carbons (Fsp3) is 0.391. The number of aromatic nitrogens is 2. The van der Waals surface area contributed by atoms with Gasteiger partial charge in [-0.25, -0.2) is 4.98 Å². The van der Waals surface area contributed by atoms with E-state index in [9.17, 15) is 4.79 Å². The number of nitrogens with zero attached hydrogens (tertiary/aromatic N) is 1. The van der Waals surface area contributed by atoms with Crippen molar-refractivity contribution >= 4 is 22.6 Å². The third-order valence-corrected chi connectivity index (χ3v) is 4.99. The predicted octanol–water partition coefficient (Wildman–Crippen LogP) is 4.50. The molecule has 0 bridgehead atoms. The van der Waals surface area contributed by atoms with Gasteiger partial charge in [-0.2, -0.15) is 0 Å². The zero-order valence-electron chi connectivity index (χ0n) is 18.0. The number of anilines is 1. The number of hydrogen-bond donors (Lipinski definition) is 2. The van der Waals surface area contributed by atoms with Crippen molar-refractivity contribution in [2.24, 2.45) is 0 Å². The van der Waals surface area contributed by atoms with Crippen LogP contribution in [0.3, 0.4) is 0 Å². The molecule has 1 heterocycles. The van der Waals surface area contributed by atoms with Crippen molar-refractivity contribution in [1.29, 1.82) is 0 Å². The van der Waals surface area contributed by atoms with Crippen LogP contribution in [0.1, 0.15) is 37.6 Å². The highest BCUT2D eigenvalue weighted by atomic mass is 16.5. The van der Waals surface area contributed by atoms with Crippen LogP contribution in [0.15, 0.2) is 30.3 Å². The quantitative estimate of drug-likeness (QED) is 0.513. The Hall–Kier alpha value is -3.22. The van der Waals surface area contributed by atoms with Gasteiger partial charge in [-0.05, 0) is 42.7 Å². The number of aryl methyl sites for hydroxylation is 2. The van der Waals surface area contributed by atoms with E-state index in [1.165, 1.54) is 0 Å². The van der Waals surface area contributed by atoms with Gasteiger partial charge < -0.3 is 24.5 Å². The first kappa shape index (κ1) is 21.5. The van der Waals surface area contributed by atoms with Crippen molar-refractivity contribution < 1.29 is 19.0 Å². The van der Waals surface area contributed by atoms with E-state index in [2.05, 4.69) is 22.2 Å². The summed E-state index contributed by atoms with van der Waals surface area (Å²) < 4.78 is 16.2. The highest BCUT2D eigenvalue weighted by Gasteiger charge is 2.16. The number of unbranched alkanes of at least 4 members (excludes halogenated alkanes) is 1. The maximum absolute atomic E-state index is 12.5. The lowest BCUT2D eigenvalue weighted by Crippen LogP contribution is -2.12. The van der Waals surface area contributed by atoms with Gasteiger partial charge in [0.05, 0.1) is 32.4 Å². The molecule has 160 valence electrons. The average Bonchev–Trinajstić information content (AvgIpc) is 3.17. The molecule has 0 spiro atoms. The topological polar surface area (TPSA) is 85.5 Å². The van der Waals surface area contributed by atoms with Crippen LogP contribution in [0.5, 0.6) is 17.2 Å². The van der Waals surface area contributed by atoms with E-state index < -0.39 is 0 Å². The molecule has 0 aliphatic rings. The fourth-order valence-corrected chi connectivity index (χ4v) is 3.43. The molecule has 7 nitrogen and oxygen atoms in total. The minimum absolute atomic E-state index is 0.0723.